The van der Waals surface area contributed by atoms with Crippen molar-refractivity contribution in [2.45, 2.75) is 32.2 Å². The van der Waals surface area contributed by atoms with E-state index in [1.54, 1.807) is 12.5 Å². The minimum absolute atomic E-state index is 0.286. The van der Waals surface area contributed by atoms with Gasteiger partial charge in [0.1, 0.15) is 0 Å². The zero-order chi connectivity index (χ0) is 12.3. The molecule has 0 saturated carbocycles. The van der Waals surface area contributed by atoms with Crippen molar-refractivity contribution in [1.29, 1.82) is 0 Å². The second-order valence-electron chi connectivity index (χ2n) is 4.83. The first-order chi connectivity index (χ1) is 8.16. The zero-order valence-electron chi connectivity index (χ0n) is 10.1. The SMILES string of the molecule is CC(c1ccoc1)N1CCCC(CC(=O)O)C1. The van der Waals surface area contributed by atoms with Crippen molar-refractivity contribution in [2.24, 2.45) is 5.92 Å². The molecule has 2 rings (SSSR count). The number of likely N-dealkylation sites (tertiary alicyclic amines) is 1. The van der Waals surface area contributed by atoms with Crippen LogP contribution in [0.1, 0.15) is 37.8 Å². The Kier molecular flexibility index (Phi) is 3.84. The first-order valence-electron chi connectivity index (χ1n) is 6.14. The van der Waals surface area contributed by atoms with Gasteiger partial charge in [0.15, 0.2) is 0 Å². The van der Waals surface area contributed by atoms with Gasteiger partial charge in [0.25, 0.3) is 0 Å². The molecule has 4 nitrogen and oxygen atoms in total. The second-order valence-corrected chi connectivity index (χ2v) is 4.83. The van der Waals surface area contributed by atoms with E-state index in [1.807, 2.05) is 6.07 Å². The van der Waals surface area contributed by atoms with E-state index in [0.29, 0.717) is 6.04 Å². The Morgan fingerprint density at radius 3 is 3.18 bits per heavy atom. The maximum absolute atomic E-state index is 10.7. The molecule has 1 aromatic rings. The number of carbonyl (C=O) groups is 1. The van der Waals surface area contributed by atoms with Crippen LogP contribution < -0.4 is 0 Å². The lowest BCUT2D eigenvalue weighted by Gasteiger charge is -2.36. The quantitative estimate of drug-likeness (QED) is 0.874. The summed E-state index contributed by atoms with van der Waals surface area (Å²) in [4.78, 5) is 13.1. The lowest BCUT2D eigenvalue weighted by atomic mass is 9.93. The number of nitrogens with zero attached hydrogens (tertiary/aromatic N) is 1. The van der Waals surface area contributed by atoms with E-state index in [4.69, 9.17) is 9.52 Å². The minimum atomic E-state index is -0.687. The highest BCUT2D eigenvalue weighted by Crippen LogP contribution is 2.28. The third kappa shape index (κ3) is 3.09. The largest absolute Gasteiger partial charge is 0.481 e. The van der Waals surface area contributed by atoms with Gasteiger partial charge in [-0.2, -0.15) is 0 Å². The van der Waals surface area contributed by atoms with Crippen molar-refractivity contribution in [3.63, 3.8) is 0 Å². The third-order valence-electron chi connectivity index (χ3n) is 3.59. The standard InChI is InChI=1S/C13H19NO3/c1-10(12-4-6-17-9-12)14-5-2-3-11(8-14)7-13(15)16/h4,6,9-11H,2-3,5,7-8H2,1H3,(H,15,16). The van der Waals surface area contributed by atoms with Gasteiger partial charge in [-0.3, -0.25) is 9.69 Å². The smallest absolute Gasteiger partial charge is 0.303 e. The van der Waals surface area contributed by atoms with Crippen LogP contribution in [0.3, 0.4) is 0 Å². The van der Waals surface area contributed by atoms with Crippen LogP contribution in [0.4, 0.5) is 0 Å². The van der Waals surface area contributed by atoms with Crippen molar-refractivity contribution in [3.8, 4) is 0 Å². The van der Waals surface area contributed by atoms with E-state index in [2.05, 4.69) is 11.8 Å². The molecule has 0 bridgehead atoms. The summed E-state index contributed by atoms with van der Waals surface area (Å²) in [5.41, 5.74) is 1.17. The number of piperidine rings is 1. The maximum atomic E-state index is 10.7. The summed E-state index contributed by atoms with van der Waals surface area (Å²) in [6.07, 6.45) is 5.85. The number of hydrogen-bond acceptors (Lipinski definition) is 3. The predicted molar refractivity (Wildman–Crippen MR) is 63.7 cm³/mol. The molecule has 2 heterocycles. The fraction of sp³-hybridized carbons (Fsp3) is 0.615. The molecule has 1 N–H and O–H groups in total. The molecule has 0 spiro atoms. The monoisotopic (exact) mass is 237 g/mol. The van der Waals surface area contributed by atoms with Gasteiger partial charge in [-0.05, 0) is 38.3 Å². The van der Waals surface area contributed by atoms with Crippen LogP contribution in [-0.4, -0.2) is 29.1 Å². The highest BCUT2D eigenvalue weighted by atomic mass is 16.4. The van der Waals surface area contributed by atoms with Gasteiger partial charge in [0.2, 0.25) is 0 Å². The lowest BCUT2D eigenvalue weighted by Crippen LogP contribution is -2.37. The number of carboxylic acid groups (broad SMARTS) is 1. The highest BCUT2D eigenvalue weighted by molar-refractivity contribution is 5.67. The molecule has 2 unspecified atom stereocenters. The molecule has 1 aliphatic heterocycles. The molecular weight excluding hydrogens is 218 g/mol. The van der Waals surface area contributed by atoms with Crippen molar-refractivity contribution in [2.75, 3.05) is 13.1 Å². The molecule has 0 amide bonds. The third-order valence-corrected chi connectivity index (χ3v) is 3.59. The lowest BCUT2D eigenvalue weighted by molar-refractivity contribution is -0.138. The molecule has 17 heavy (non-hydrogen) atoms. The fourth-order valence-corrected chi connectivity index (χ4v) is 2.59. The molecule has 2 atom stereocenters. The summed E-state index contributed by atoms with van der Waals surface area (Å²) in [5, 5.41) is 8.84. The molecule has 94 valence electrons. The average molecular weight is 237 g/mol. The summed E-state index contributed by atoms with van der Waals surface area (Å²) in [6, 6.07) is 2.29. The molecule has 1 fully saturated rings. The number of rotatable bonds is 4. The fourth-order valence-electron chi connectivity index (χ4n) is 2.59. The zero-order valence-corrected chi connectivity index (χ0v) is 10.1. The molecule has 1 aromatic heterocycles. The molecule has 0 radical (unpaired) electrons. The molecule has 1 saturated heterocycles. The van der Waals surface area contributed by atoms with Crippen LogP contribution >= 0.6 is 0 Å². The maximum Gasteiger partial charge on any atom is 0.303 e. The van der Waals surface area contributed by atoms with Gasteiger partial charge in [-0.15, -0.1) is 0 Å². The summed E-state index contributed by atoms with van der Waals surface area (Å²) >= 11 is 0. The Balaban J connectivity index is 1.95. The number of aliphatic carboxylic acids is 1. The average Bonchev–Trinajstić information content (AvgIpc) is 2.81. The first-order valence-corrected chi connectivity index (χ1v) is 6.14. The Hall–Kier alpha value is -1.29. The van der Waals surface area contributed by atoms with Crippen LogP contribution in [0.5, 0.6) is 0 Å². The van der Waals surface area contributed by atoms with Crippen LogP contribution in [0.2, 0.25) is 0 Å². The summed E-state index contributed by atoms with van der Waals surface area (Å²) < 4.78 is 5.10. The molecule has 0 aliphatic carbocycles. The Morgan fingerprint density at radius 1 is 1.71 bits per heavy atom. The van der Waals surface area contributed by atoms with E-state index in [1.165, 1.54) is 5.56 Å². The van der Waals surface area contributed by atoms with Crippen molar-refractivity contribution in [3.05, 3.63) is 24.2 Å². The van der Waals surface area contributed by atoms with Crippen molar-refractivity contribution in [1.82, 2.24) is 4.90 Å². The number of carboxylic acids is 1. The van der Waals surface area contributed by atoms with Gasteiger partial charge >= 0.3 is 5.97 Å². The van der Waals surface area contributed by atoms with Gasteiger partial charge in [-0.25, -0.2) is 0 Å². The van der Waals surface area contributed by atoms with E-state index in [-0.39, 0.29) is 12.3 Å². The summed E-state index contributed by atoms with van der Waals surface area (Å²) in [5.74, 6) is -0.400. The predicted octanol–water partition coefficient (Wildman–Crippen LogP) is 2.53. The van der Waals surface area contributed by atoms with Gasteiger partial charge in [0, 0.05) is 24.6 Å². The van der Waals surface area contributed by atoms with Gasteiger partial charge in [0.05, 0.1) is 12.5 Å². The van der Waals surface area contributed by atoms with E-state index in [0.717, 1.165) is 25.9 Å². The molecule has 0 aromatic carbocycles. The minimum Gasteiger partial charge on any atom is -0.481 e. The van der Waals surface area contributed by atoms with Crippen LogP contribution in [0, 0.1) is 5.92 Å². The normalized spacial score (nSPS) is 23.5. The van der Waals surface area contributed by atoms with Gasteiger partial charge < -0.3 is 9.52 Å². The molecule has 4 heteroatoms. The van der Waals surface area contributed by atoms with Crippen LogP contribution in [0.25, 0.3) is 0 Å². The molecule has 1 aliphatic rings. The number of furan rings is 1. The van der Waals surface area contributed by atoms with Crippen molar-refractivity contribution >= 4 is 5.97 Å². The summed E-state index contributed by atoms with van der Waals surface area (Å²) in [6.45, 7) is 4.06. The topological polar surface area (TPSA) is 53.7 Å². The highest BCUT2D eigenvalue weighted by Gasteiger charge is 2.26. The van der Waals surface area contributed by atoms with Gasteiger partial charge in [-0.1, -0.05) is 0 Å². The van der Waals surface area contributed by atoms with Crippen molar-refractivity contribution < 1.29 is 14.3 Å². The Morgan fingerprint density at radius 2 is 2.53 bits per heavy atom. The van der Waals surface area contributed by atoms with E-state index < -0.39 is 5.97 Å². The Labute approximate surface area is 101 Å². The number of hydrogen-bond donors (Lipinski definition) is 1. The van der Waals surface area contributed by atoms with Crippen LogP contribution in [0.15, 0.2) is 23.0 Å². The van der Waals surface area contributed by atoms with E-state index in [9.17, 15) is 4.79 Å². The Bertz CT molecular complexity index is 361. The second kappa shape index (κ2) is 5.36. The summed E-state index contributed by atoms with van der Waals surface area (Å²) in [7, 11) is 0. The van der Waals surface area contributed by atoms with E-state index >= 15 is 0 Å². The van der Waals surface area contributed by atoms with Crippen LogP contribution in [-0.2, 0) is 4.79 Å². The first kappa shape index (κ1) is 12.2. The molecular formula is C13H19NO3.